The first-order chi connectivity index (χ1) is 8.10. The summed E-state index contributed by atoms with van der Waals surface area (Å²) in [5.74, 6) is 0.411. The Morgan fingerprint density at radius 1 is 1.53 bits per heavy atom. The molecule has 0 bridgehead atoms. The fourth-order valence-electron chi connectivity index (χ4n) is 2.30. The van der Waals surface area contributed by atoms with Gasteiger partial charge in [0.1, 0.15) is 5.75 Å². The van der Waals surface area contributed by atoms with Crippen molar-refractivity contribution >= 4 is 15.9 Å². The highest BCUT2D eigenvalue weighted by atomic mass is 79.9. The highest BCUT2D eigenvalue weighted by Gasteiger charge is 2.22. The second kappa shape index (κ2) is 5.38. The van der Waals surface area contributed by atoms with Crippen LogP contribution in [0.1, 0.15) is 17.5 Å². The van der Waals surface area contributed by atoms with Crippen molar-refractivity contribution in [3.05, 3.63) is 27.7 Å². The molecule has 0 aromatic heterocycles. The molecule has 17 heavy (non-hydrogen) atoms. The maximum Gasteiger partial charge on any atom is 0.123 e. The van der Waals surface area contributed by atoms with Gasteiger partial charge in [0.2, 0.25) is 0 Å². The van der Waals surface area contributed by atoms with Crippen molar-refractivity contribution in [2.75, 3.05) is 20.2 Å². The monoisotopic (exact) mass is 299 g/mol. The van der Waals surface area contributed by atoms with Crippen LogP contribution in [0.3, 0.4) is 0 Å². The van der Waals surface area contributed by atoms with E-state index in [0.717, 1.165) is 41.7 Å². The highest BCUT2D eigenvalue weighted by Crippen LogP contribution is 2.28. The van der Waals surface area contributed by atoms with Crippen LogP contribution >= 0.6 is 15.9 Å². The average Bonchev–Trinajstić information content (AvgIpc) is 2.73. The number of likely N-dealkylation sites (tertiary alicyclic amines) is 1. The molecular weight excluding hydrogens is 282 g/mol. The van der Waals surface area contributed by atoms with E-state index in [1.807, 2.05) is 19.1 Å². The van der Waals surface area contributed by atoms with Gasteiger partial charge in [-0.25, -0.2) is 0 Å². The van der Waals surface area contributed by atoms with Gasteiger partial charge < -0.3 is 9.84 Å². The Labute approximate surface area is 111 Å². The number of phenols is 1. The zero-order chi connectivity index (χ0) is 12.4. The van der Waals surface area contributed by atoms with Gasteiger partial charge in [0.25, 0.3) is 0 Å². The Morgan fingerprint density at radius 3 is 2.94 bits per heavy atom. The van der Waals surface area contributed by atoms with Gasteiger partial charge in [0.05, 0.1) is 6.10 Å². The SMILES string of the molecule is COC1CCN(Cc2cc(Br)cc(C)c2O)C1. The predicted octanol–water partition coefficient (Wildman–Crippen LogP) is 2.68. The maximum absolute atomic E-state index is 10.0. The fraction of sp³-hybridized carbons (Fsp3) is 0.538. The number of methoxy groups -OCH3 is 1. The number of hydrogen-bond acceptors (Lipinski definition) is 3. The van der Waals surface area contributed by atoms with Gasteiger partial charge in [0.15, 0.2) is 0 Å². The second-order valence-corrected chi connectivity index (χ2v) is 5.53. The van der Waals surface area contributed by atoms with Crippen LogP contribution in [0.25, 0.3) is 0 Å². The topological polar surface area (TPSA) is 32.7 Å². The van der Waals surface area contributed by atoms with Gasteiger partial charge in [-0.1, -0.05) is 15.9 Å². The number of rotatable bonds is 3. The van der Waals surface area contributed by atoms with E-state index < -0.39 is 0 Å². The number of benzene rings is 1. The molecule has 3 nitrogen and oxygen atoms in total. The summed E-state index contributed by atoms with van der Waals surface area (Å²) in [5, 5.41) is 10.0. The van der Waals surface area contributed by atoms with E-state index in [9.17, 15) is 5.11 Å². The van der Waals surface area contributed by atoms with E-state index in [2.05, 4.69) is 20.8 Å². The second-order valence-electron chi connectivity index (χ2n) is 4.61. The molecule has 1 unspecified atom stereocenters. The molecule has 2 rings (SSSR count). The van der Waals surface area contributed by atoms with Crippen LogP contribution in [-0.4, -0.2) is 36.3 Å². The normalized spacial score (nSPS) is 21.0. The zero-order valence-corrected chi connectivity index (χ0v) is 11.8. The summed E-state index contributed by atoms with van der Waals surface area (Å²) in [6.07, 6.45) is 1.41. The van der Waals surface area contributed by atoms with Gasteiger partial charge >= 0.3 is 0 Å². The van der Waals surface area contributed by atoms with E-state index in [0.29, 0.717) is 11.9 Å². The van der Waals surface area contributed by atoms with Crippen LogP contribution < -0.4 is 0 Å². The molecule has 0 saturated carbocycles. The summed E-state index contributed by atoms with van der Waals surface area (Å²) >= 11 is 3.47. The van der Waals surface area contributed by atoms with Gasteiger partial charge in [-0.15, -0.1) is 0 Å². The van der Waals surface area contributed by atoms with E-state index in [-0.39, 0.29) is 0 Å². The quantitative estimate of drug-likeness (QED) is 0.931. The van der Waals surface area contributed by atoms with Crippen molar-refractivity contribution in [3.63, 3.8) is 0 Å². The molecule has 0 aliphatic carbocycles. The molecule has 1 N–H and O–H groups in total. The van der Waals surface area contributed by atoms with Crippen molar-refractivity contribution in [2.24, 2.45) is 0 Å². The van der Waals surface area contributed by atoms with Crippen LogP contribution in [0.2, 0.25) is 0 Å². The van der Waals surface area contributed by atoms with Crippen molar-refractivity contribution in [1.82, 2.24) is 4.90 Å². The molecule has 1 atom stereocenters. The van der Waals surface area contributed by atoms with Crippen molar-refractivity contribution < 1.29 is 9.84 Å². The van der Waals surface area contributed by atoms with Gasteiger partial charge in [-0.2, -0.15) is 0 Å². The Kier molecular flexibility index (Phi) is 4.07. The number of hydrogen-bond donors (Lipinski definition) is 1. The molecule has 1 aliphatic rings. The first-order valence-electron chi connectivity index (χ1n) is 5.83. The lowest BCUT2D eigenvalue weighted by atomic mass is 10.1. The van der Waals surface area contributed by atoms with Crippen molar-refractivity contribution in [2.45, 2.75) is 26.0 Å². The number of aromatic hydroxyl groups is 1. The van der Waals surface area contributed by atoms with Gasteiger partial charge in [0, 0.05) is 36.8 Å². The summed E-state index contributed by atoms with van der Waals surface area (Å²) < 4.78 is 6.36. The van der Waals surface area contributed by atoms with E-state index in [1.165, 1.54) is 0 Å². The summed E-state index contributed by atoms with van der Waals surface area (Å²) in [6, 6.07) is 3.92. The number of phenolic OH excluding ortho intramolecular Hbond substituents is 1. The molecule has 1 saturated heterocycles. The van der Waals surface area contributed by atoms with E-state index in [1.54, 1.807) is 7.11 Å². The minimum atomic E-state index is 0.338. The lowest BCUT2D eigenvalue weighted by Gasteiger charge is -2.17. The van der Waals surface area contributed by atoms with Crippen LogP contribution in [0.15, 0.2) is 16.6 Å². The minimum Gasteiger partial charge on any atom is -0.507 e. The number of aryl methyl sites for hydroxylation is 1. The molecule has 4 heteroatoms. The third kappa shape index (κ3) is 3.00. The molecule has 0 amide bonds. The molecule has 1 aromatic carbocycles. The predicted molar refractivity (Wildman–Crippen MR) is 71.2 cm³/mol. The number of nitrogens with zero attached hydrogens (tertiary/aromatic N) is 1. The van der Waals surface area contributed by atoms with E-state index >= 15 is 0 Å². The molecule has 0 spiro atoms. The largest absolute Gasteiger partial charge is 0.507 e. The van der Waals surface area contributed by atoms with Crippen LogP contribution in [0, 0.1) is 6.92 Å². The number of ether oxygens (including phenoxy) is 1. The molecule has 1 aromatic rings. The van der Waals surface area contributed by atoms with Gasteiger partial charge in [-0.3, -0.25) is 4.90 Å². The Bertz CT molecular complexity index is 409. The zero-order valence-electron chi connectivity index (χ0n) is 10.2. The molecule has 1 aliphatic heterocycles. The minimum absolute atomic E-state index is 0.338. The van der Waals surface area contributed by atoms with Gasteiger partial charge in [-0.05, 0) is 31.0 Å². The van der Waals surface area contributed by atoms with Crippen LogP contribution in [0.5, 0.6) is 5.75 Å². The Balaban J connectivity index is 2.09. The summed E-state index contributed by atoms with van der Waals surface area (Å²) in [6.45, 7) is 4.68. The standard InChI is InChI=1S/C13H18BrNO2/c1-9-5-11(14)6-10(13(9)16)7-15-4-3-12(8-15)17-2/h5-6,12,16H,3-4,7-8H2,1-2H3. The first-order valence-corrected chi connectivity index (χ1v) is 6.62. The number of halogens is 1. The molecule has 0 radical (unpaired) electrons. The summed E-state index contributed by atoms with van der Waals surface area (Å²) in [4.78, 5) is 2.31. The van der Waals surface area contributed by atoms with Crippen LogP contribution in [0.4, 0.5) is 0 Å². The first kappa shape index (κ1) is 12.9. The lowest BCUT2D eigenvalue weighted by molar-refractivity contribution is 0.107. The summed E-state index contributed by atoms with van der Waals surface area (Å²) in [7, 11) is 1.76. The summed E-state index contributed by atoms with van der Waals surface area (Å²) in [5.41, 5.74) is 1.89. The fourth-order valence-corrected chi connectivity index (χ4v) is 2.92. The molecule has 94 valence electrons. The average molecular weight is 300 g/mol. The Hall–Kier alpha value is -0.580. The third-order valence-corrected chi connectivity index (χ3v) is 3.76. The Morgan fingerprint density at radius 2 is 2.29 bits per heavy atom. The lowest BCUT2D eigenvalue weighted by Crippen LogP contribution is -2.22. The molecule has 1 fully saturated rings. The van der Waals surface area contributed by atoms with Crippen molar-refractivity contribution in [3.8, 4) is 5.75 Å². The van der Waals surface area contributed by atoms with Crippen LogP contribution in [-0.2, 0) is 11.3 Å². The van der Waals surface area contributed by atoms with E-state index in [4.69, 9.17) is 4.74 Å². The third-order valence-electron chi connectivity index (χ3n) is 3.30. The molecular formula is C13H18BrNO2. The molecule has 1 heterocycles. The smallest absolute Gasteiger partial charge is 0.123 e. The highest BCUT2D eigenvalue weighted by molar-refractivity contribution is 9.10. The maximum atomic E-state index is 10.0. The van der Waals surface area contributed by atoms with Crippen molar-refractivity contribution in [1.29, 1.82) is 0 Å².